The second-order valence-electron chi connectivity index (χ2n) is 7.06. The number of anilines is 1. The number of likely N-dealkylation sites (N-methyl/N-ethyl adjacent to an activating group) is 1. The van der Waals surface area contributed by atoms with Crippen LogP contribution >= 0.6 is 0 Å². The van der Waals surface area contributed by atoms with Crippen LogP contribution in [0, 0.1) is 6.92 Å². The van der Waals surface area contributed by atoms with Gasteiger partial charge < -0.3 is 19.4 Å². The van der Waals surface area contributed by atoms with Gasteiger partial charge in [0.2, 0.25) is 17.7 Å². The number of fused-ring (bicyclic) bond motifs is 1. The average molecular weight is 406 g/mol. The average Bonchev–Trinajstić information content (AvgIpc) is 3.25. The minimum atomic E-state index is -0.759. The van der Waals surface area contributed by atoms with Crippen molar-refractivity contribution in [2.75, 3.05) is 18.5 Å². The first-order valence-corrected chi connectivity index (χ1v) is 9.72. The van der Waals surface area contributed by atoms with E-state index in [9.17, 15) is 9.59 Å². The molecule has 8 heteroatoms. The van der Waals surface area contributed by atoms with E-state index in [1.807, 2.05) is 37.3 Å². The zero-order chi connectivity index (χ0) is 21.1. The van der Waals surface area contributed by atoms with E-state index in [4.69, 9.17) is 9.15 Å². The Balaban J connectivity index is 1.46. The molecule has 0 aliphatic carbocycles. The largest absolute Gasteiger partial charge is 0.477 e. The van der Waals surface area contributed by atoms with Crippen molar-refractivity contribution in [2.24, 2.45) is 0 Å². The van der Waals surface area contributed by atoms with Gasteiger partial charge in [0.25, 0.3) is 5.91 Å². The molecule has 2 aromatic carbocycles. The predicted molar refractivity (Wildman–Crippen MR) is 110 cm³/mol. The third kappa shape index (κ3) is 4.03. The van der Waals surface area contributed by atoms with Crippen LogP contribution in [-0.4, -0.2) is 41.7 Å². The maximum atomic E-state index is 13.0. The summed E-state index contributed by atoms with van der Waals surface area (Å²) in [5, 5.41) is 10.7. The predicted octanol–water partition coefficient (Wildman–Crippen LogP) is 2.52. The lowest BCUT2D eigenvalue weighted by Crippen LogP contribution is -2.50. The molecule has 1 atom stereocenters. The Bertz CT molecular complexity index is 1060. The van der Waals surface area contributed by atoms with Crippen LogP contribution in [0.5, 0.6) is 5.75 Å². The van der Waals surface area contributed by atoms with E-state index in [0.717, 1.165) is 11.1 Å². The van der Waals surface area contributed by atoms with Crippen molar-refractivity contribution in [1.82, 2.24) is 15.5 Å². The molecule has 4 rings (SSSR count). The van der Waals surface area contributed by atoms with Crippen molar-refractivity contribution in [1.29, 1.82) is 0 Å². The highest BCUT2D eigenvalue weighted by molar-refractivity contribution is 5.97. The monoisotopic (exact) mass is 406 g/mol. The SMILES string of the molecule is CNC(=O)[C@H]1CN(C(=O)CCc2nnc(-c3ccc(C)cc3)o2)c2ccccc2O1. The zero-order valence-corrected chi connectivity index (χ0v) is 16.8. The Hall–Kier alpha value is -3.68. The van der Waals surface area contributed by atoms with E-state index in [2.05, 4.69) is 15.5 Å². The topological polar surface area (TPSA) is 97.6 Å². The van der Waals surface area contributed by atoms with Crippen molar-refractivity contribution in [2.45, 2.75) is 25.9 Å². The van der Waals surface area contributed by atoms with Gasteiger partial charge in [0.1, 0.15) is 5.75 Å². The Labute approximate surface area is 173 Å². The highest BCUT2D eigenvalue weighted by Crippen LogP contribution is 2.33. The van der Waals surface area contributed by atoms with Crippen LogP contribution in [-0.2, 0) is 16.0 Å². The number of benzene rings is 2. The minimum Gasteiger partial charge on any atom is -0.477 e. The van der Waals surface area contributed by atoms with Crippen molar-refractivity contribution >= 4 is 17.5 Å². The van der Waals surface area contributed by atoms with Gasteiger partial charge in [0.15, 0.2) is 6.10 Å². The van der Waals surface area contributed by atoms with Crippen LogP contribution in [0.2, 0.25) is 0 Å². The number of nitrogens with one attached hydrogen (secondary N) is 1. The molecule has 1 aliphatic heterocycles. The smallest absolute Gasteiger partial charge is 0.262 e. The lowest BCUT2D eigenvalue weighted by Gasteiger charge is -2.34. The Morgan fingerprint density at radius 3 is 2.67 bits per heavy atom. The number of amides is 2. The van der Waals surface area contributed by atoms with Gasteiger partial charge in [0, 0.05) is 25.5 Å². The molecule has 0 bridgehead atoms. The summed E-state index contributed by atoms with van der Waals surface area (Å²) in [5.41, 5.74) is 2.62. The highest BCUT2D eigenvalue weighted by Gasteiger charge is 2.33. The lowest BCUT2D eigenvalue weighted by atomic mass is 10.1. The zero-order valence-electron chi connectivity index (χ0n) is 16.8. The van der Waals surface area contributed by atoms with Crippen LogP contribution in [0.1, 0.15) is 17.9 Å². The summed E-state index contributed by atoms with van der Waals surface area (Å²) in [6, 6.07) is 15.0. The Morgan fingerprint density at radius 1 is 1.13 bits per heavy atom. The summed E-state index contributed by atoms with van der Waals surface area (Å²) < 4.78 is 11.5. The Morgan fingerprint density at radius 2 is 1.90 bits per heavy atom. The summed E-state index contributed by atoms with van der Waals surface area (Å²) in [5.74, 6) is 0.902. The number of hydrogen-bond donors (Lipinski definition) is 1. The lowest BCUT2D eigenvalue weighted by molar-refractivity contribution is -0.127. The molecule has 2 heterocycles. The van der Waals surface area contributed by atoms with Gasteiger partial charge in [-0.3, -0.25) is 9.59 Å². The normalized spacial score (nSPS) is 15.3. The molecule has 1 aromatic heterocycles. The first-order valence-electron chi connectivity index (χ1n) is 9.72. The quantitative estimate of drug-likeness (QED) is 0.699. The molecule has 2 amide bonds. The van der Waals surface area contributed by atoms with E-state index in [1.54, 1.807) is 30.1 Å². The standard InChI is InChI=1S/C22H22N4O4/c1-14-7-9-15(10-8-14)22-25-24-19(30-22)11-12-20(27)26-13-18(21(28)23-2)29-17-6-4-3-5-16(17)26/h3-10,18H,11-13H2,1-2H3,(H,23,28)/t18-/m1/s1. The van der Waals surface area contributed by atoms with E-state index in [0.29, 0.717) is 29.6 Å². The van der Waals surface area contributed by atoms with E-state index < -0.39 is 6.10 Å². The van der Waals surface area contributed by atoms with Crippen LogP contribution in [0.4, 0.5) is 5.69 Å². The van der Waals surface area contributed by atoms with Gasteiger partial charge in [-0.1, -0.05) is 29.8 Å². The Kier molecular flexibility index (Phi) is 5.47. The summed E-state index contributed by atoms with van der Waals surface area (Å²) in [6.07, 6.45) is -0.281. The molecule has 0 unspecified atom stereocenters. The highest BCUT2D eigenvalue weighted by atomic mass is 16.5. The van der Waals surface area contributed by atoms with Crippen LogP contribution in [0.25, 0.3) is 11.5 Å². The first kappa shape index (κ1) is 19.6. The maximum Gasteiger partial charge on any atom is 0.262 e. The molecule has 3 aromatic rings. The molecule has 0 saturated heterocycles. The van der Waals surface area contributed by atoms with Crippen LogP contribution in [0.3, 0.4) is 0 Å². The van der Waals surface area contributed by atoms with Crippen molar-refractivity contribution in [3.8, 4) is 17.2 Å². The first-order chi connectivity index (χ1) is 14.5. The molecule has 30 heavy (non-hydrogen) atoms. The number of nitrogens with zero attached hydrogens (tertiary/aromatic N) is 3. The summed E-state index contributed by atoms with van der Waals surface area (Å²) >= 11 is 0. The fraction of sp³-hybridized carbons (Fsp3) is 0.273. The molecule has 1 aliphatic rings. The van der Waals surface area contributed by atoms with Crippen molar-refractivity contribution < 1.29 is 18.7 Å². The van der Waals surface area contributed by atoms with Gasteiger partial charge >= 0.3 is 0 Å². The van der Waals surface area contributed by atoms with Gasteiger partial charge in [-0.25, -0.2) is 0 Å². The van der Waals surface area contributed by atoms with Gasteiger partial charge in [-0.2, -0.15) is 0 Å². The number of hydrogen-bond acceptors (Lipinski definition) is 6. The van der Waals surface area contributed by atoms with E-state index >= 15 is 0 Å². The number of rotatable bonds is 5. The van der Waals surface area contributed by atoms with Crippen LogP contribution in [0.15, 0.2) is 52.9 Å². The minimum absolute atomic E-state index is 0.144. The molecule has 0 saturated carbocycles. The number of para-hydroxylation sites is 2. The molecule has 0 fully saturated rings. The molecule has 0 spiro atoms. The number of aromatic nitrogens is 2. The molecular formula is C22H22N4O4. The second kappa shape index (κ2) is 8.36. The number of carbonyl (C=O) groups excluding carboxylic acids is 2. The van der Waals surface area contributed by atoms with Crippen molar-refractivity contribution in [3.05, 3.63) is 60.0 Å². The van der Waals surface area contributed by atoms with Gasteiger partial charge in [-0.05, 0) is 31.2 Å². The maximum absolute atomic E-state index is 13.0. The molecule has 8 nitrogen and oxygen atoms in total. The van der Waals surface area contributed by atoms with E-state index in [1.165, 1.54) is 0 Å². The molecular weight excluding hydrogens is 384 g/mol. The third-order valence-electron chi connectivity index (χ3n) is 4.93. The van der Waals surface area contributed by atoms with Gasteiger partial charge in [-0.15, -0.1) is 10.2 Å². The third-order valence-corrected chi connectivity index (χ3v) is 4.93. The summed E-state index contributed by atoms with van der Waals surface area (Å²) in [7, 11) is 1.54. The number of aryl methyl sites for hydroxylation is 2. The molecule has 0 radical (unpaired) electrons. The second-order valence-corrected chi connectivity index (χ2v) is 7.06. The summed E-state index contributed by atoms with van der Waals surface area (Å²) in [6.45, 7) is 2.15. The van der Waals surface area contributed by atoms with Crippen molar-refractivity contribution in [3.63, 3.8) is 0 Å². The van der Waals surface area contributed by atoms with Gasteiger partial charge in [0.05, 0.1) is 12.2 Å². The van der Waals surface area contributed by atoms with E-state index in [-0.39, 0.29) is 24.8 Å². The fourth-order valence-electron chi connectivity index (χ4n) is 3.28. The fourth-order valence-corrected chi connectivity index (χ4v) is 3.28. The number of ether oxygens (including phenoxy) is 1. The summed E-state index contributed by atoms with van der Waals surface area (Å²) in [4.78, 5) is 26.6. The molecule has 1 N–H and O–H groups in total. The molecule has 154 valence electrons. The van der Waals surface area contributed by atoms with Crippen LogP contribution < -0.4 is 15.0 Å². The number of carbonyl (C=O) groups is 2.